The fraction of sp³-hybridized carbons (Fsp3) is 1.00. The Morgan fingerprint density at radius 2 is 1.57 bits per heavy atom. The Kier molecular flexibility index (Phi) is 11.2. The van der Waals surface area contributed by atoms with E-state index in [1.165, 1.54) is 0 Å². The SMILES string of the molecule is CCC(C)(N)O.COS(=O)(=O)OC.O. The highest BCUT2D eigenvalue weighted by Crippen LogP contribution is 1.94. The average molecular weight is 233 g/mol. The summed E-state index contributed by atoms with van der Waals surface area (Å²) in [5.74, 6) is 0. The summed E-state index contributed by atoms with van der Waals surface area (Å²) in [5, 5.41) is 8.60. The van der Waals surface area contributed by atoms with Gasteiger partial charge < -0.3 is 16.3 Å². The third-order valence-corrected chi connectivity index (χ3v) is 1.94. The second kappa shape index (κ2) is 8.09. The molecule has 0 aromatic carbocycles. The third-order valence-electron chi connectivity index (χ3n) is 1.12. The number of aliphatic hydroxyl groups is 1. The van der Waals surface area contributed by atoms with Crippen LogP contribution in [0.4, 0.5) is 0 Å². The Morgan fingerprint density at radius 3 is 1.57 bits per heavy atom. The first-order valence-electron chi connectivity index (χ1n) is 3.56. The zero-order valence-electron chi connectivity index (χ0n) is 8.77. The highest BCUT2D eigenvalue weighted by atomic mass is 32.3. The van der Waals surface area contributed by atoms with E-state index in [0.29, 0.717) is 6.42 Å². The number of nitrogens with two attached hydrogens (primary N) is 1. The molecular weight excluding hydrogens is 214 g/mol. The first-order valence-corrected chi connectivity index (χ1v) is 4.89. The van der Waals surface area contributed by atoms with E-state index in [4.69, 9.17) is 10.8 Å². The van der Waals surface area contributed by atoms with Crippen LogP contribution < -0.4 is 5.73 Å². The lowest BCUT2D eigenvalue weighted by atomic mass is 10.2. The van der Waals surface area contributed by atoms with Gasteiger partial charge in [-0.25, -0.2) is 0 Å². The smallest absolute Gasteiger partial charge is 0.399 e. The third kappa shape index (κ3) is 17.7. The Morgan fingerprint density at radius 1 is 1.36 bits per heavy atom. The van der Waals surface area contributed by atoms with Gasteiger partial charge in [-0.3, -0.25) is 8.37 Å². The fourth-order valence-corrected chi connectivity index (χ4v) is 0.204. The molecule has 7 nitrogen and oxygen atoms in total. The van der Waals surface area contributed by atoms with Crippen LogP contribution in [0.25, 0.3) is 0 Å². The van der Waals surface area contributed by atoms with Crippen molar-refractivity contribution in [2.24, 2.45) is 5.73 Å². The normalized spacial score (nSPS) is 14.4. The zero-order chi connectivity index (χ0) is 11.1. The van der Waals surface area contributed by atoms with Crippen molar-refractivity contribution < 1.29 is 27.4 Å². The van der Waals surface area contributed by atoms with Gasteiger partial charge in [-0.15, -0.1) is 0 Å². The number of hydrogen-bond acceptors (Lipinski definition) is 6. The molecular formula is C6H19NO6S. The van der Waals surface area contributed by atoms with Gasteiger partial charge in [0.1, 0.15) is 5.72 Å². The molecule has 90 valence electrons. The van der Waals surface area contributed by atoms with Gasteiger partial charge in [0.2, 0.25) is 0 Å². The van der Waals surface area contributed by atoms with Crippen LogP contribution in [0.3, 0.4) is 0 Å². The van der Waals surface area contributed by atoms with Crippen molar-refractivity contribution in [3.63, 3.8) is 0 Å². The van der Waals surface area contributed by atoms with E-state index >= 15 is 0 Å². The molecule has 0 heterocycles. The van der Waals surface area contributed by atoms with Gasteiger partial charge >= 0.3 is 10.4 Å². The van der Waals surface area contributed by atoms with Crippen LogP contribution in [-0.2, 0) is 18.8 Å². The molecule has 0 aromatic rings. The molecule has 8 heteroatoms. The summed E-state index contributed by atoms with van der Waals surface area (Å²) >= 11 is 0. The topological polar surface area (TPSA) is 130 Å². The van der Waals surface area contributed by atoms with Crippen molar-refractivity contribution >= 4 is 10.4 Å². The van der Waals surface area contributed by atoms with Gasteiger partial charge in [0.05, 0.1) is 14.2 Å². The van der Waals surface area contributed by atoms with Crippen LogP contribution in [0.5, 0.6) is 0 Å². The van der Waals surface area contributed by atoms with E-state index in [2.05, 4.69) is 8.37 Å². The summed E-state index contributed by atoms with van der Waals surface area (Å²) in [4.78, 5) is 0. The molecule has 0 rings (SSSR count). The maximum atomic E-state index is 9.92. The standard InChI is InChI=1S/C4H11NO.C2H6O4S.H2O/c1-3-4(2,5)6;1-5-7(3,4)6-2;/h6H,3,5H2,1-2H3;1-2H3;1H2. The van der Waals surface area contributed by atoms with E-state index in [9.17, 15) is 8.42 Å². The Labute approximate surface area is 84.5 Å². The van der Waals surface area contributed by atoms with Crippen LogP contribution >= 0.6 is 0 Å². The van der Waals surface area contributed by atoms with Crippen LogP contribution in [0, 0.1) is 0 Å². The Hall–Kier alpha value is -0.250. The molecule has 0 fully saturated rings. The molecule has 1 atom stereocenters. The molecule has 1 unspecified atom stereocenters. The molecule has 0 radical (unpaired) electrons. The highest BCUT2D eigenvalue weighted by molar-refractivity contribution is 7.81. The second-order valence-electron chi connectivity index (χ2n) is 2.45. The van der Waals surface area contributed by atoms with Crippen molar-refractivity contribution in [2.75, 3.05) is 14.2 Å². The number of rotatable bonds is 3. The lowest BCUT2D eigenvalue weighted by Gasteiger charge is -2.11. The minimum Gasteiger partial charge on any atom is -0.412 e. The van der Waals surface area contributed by atoms with Crippen LogP contribution in [-0.4, -0.2) is 38.9 Å². The predicted molar refractivity (Wildman–Crippen MR) is 51.7 cm³/mol. The van der Waals surface area contributed by atoms with E-state index < -0.39 is 16.1 Å². The molecule has 0 spiro atoms. The maximum absolute atomic E-state index is 9.92. The molecule has 0 aromatic heterocycles. The Bertz CT molecular complexity index is 197. The quantitative estimate of drug-likeness (QED) is 0.586. The molecule has 5 N–H and O–H groups in total. The predicted octanol–water partition coefficient (Wildman–Crippen LogP) is -1.24. The molecule has 0 saturated heterocycles. The maximum Gasteiger partial charge on any atom is 0.399 e. The lowest BCUT2D eigenvalue weighted by Crippen LogP contribution is -2.34. The zero-order valence-corrected chi connectivity index (χ0v) is 9.59. The molecule has 0 saturated carbocycles. The monoisotopic (exact) mass is 233 g/mol. The molecule has 0 aliphatic carbocycles. The van der Waals surface area contributed by atoms with Gasteiger partial charge in [0, 0.05) is 0 Å². The molecule has 0 amide bonds. The molecule has 14 heavy (non-hydrogen) atoms. The van der Waals surface area contributed by atoms with E-state index in [0.717, 1.165) is 14.2 Å². The van der Waals surface area contributed by atoms with Gasteiger partial charge in [-0.05, 0) is 13.3 Å². The van der Waals surface area contributed by atoms with E-state index in [1.807, 2.05) is 6.92 Å². The van der Waals surface area contributed by atoms with Crippen molar-refractivity contribution in [2.45, 2.75) is 26.0 Å². The molecule has 0 aliphatic rings. The summed E-state index contributed by atoms with van der Waals surface area (Å²) in [5.41, 5.74) is 4.13. The van der Waals surface area contributed by atoms with E-state index in [-0.39, 0.29) is 5.48 Å². The highest BCUT2D eigenvalue weighted by Gasteiger charge is 2.06. The summed E-state index contributed by atoms with van der Waals surface area (Å²) in [6, 6.07) is 0. The summed E-state index contributed by atoms with van der Waals surface area (Å²) in [6.45, 7) is 3.41. The number of hydrogen-bond donors (Lipinski definition) is 2. The van der Waals surface area contributed by atoms with E-state index in [1.54, 1.807) is 6.92 Å². The van der Waals surface area contributed by atoms with Crippen molar-refractivity contribution in [3.05, 3.63) is 0 Å². The van der Waals surface area contributed by atoms with Gasteiger partial charge in [0.25, 0.3) is 0 Å². The summed E-state index contributed by atoms with van der Waals surface area (Å²) in [7, 11) is -1.60. The van der Waals surface area contributed by atoms with Crippen LogP contribution in [0.2, 0.25) is 0 Å². The molecule has 0 aliphatic heterocycles. The summed E-state index contributed by atoms with van der Waals surface area (Å²) < 4.78 is 27.5. The van der Waals surface area contributed by atoms with Crippen LogP contribution in [0.1, 0.15) is 20.3 Å². The van der Waals surface area contributed by atoms with Crippen molar-refractivity contribution in [1.82, 2.24) is 0 Å². The summed E-state index contributed by atoms with van der Waals surface area (Å²) in [6.07, 6.45) is 0.604. The second-order valence-corrected chi connectivity index (χ2v) is 3.94. The van der Waals surface area contributed by atoms with Crippen molar-refractivity contribution in [3.8, 4) is 0 Å². The first-order chi connectivity index (χ1) is 5.68. The Balaban J connectivity index is -0.000000163. The van der Waals surface area contributed by atoms with Gasteiger partial charge in [0.15, 0.2) is 0 Å². The van der Waals surface area contributed by atoms with Crippen LogP contribution in [0.15, 0.2) is 0 Å². The van der Waals surface area contributed by atoms with Crippen molar-refractivity contribution in [1.29, 1.82) is 0 Å². The molecule has 0 bridgehead atoms. The lowest BCUT2D eigenvalue weighted by molar-refractivity contribution is 0.0632. The average Bonchev–Trinajstić information content (AvgIpc) is 2.04. The minimum atomic E-state index is -3.66. The minimum absolute atomic E-state index is 0. The van der Waals surface area contributed by atoms with Gasteiger partial charge in [-0.2, -0.15) is 8.42 Å². The van der Waals surface area contributed by atoms with Gasteiger partial charge in [-0.1, -0.05) is 6.92 Å². The largest absolute Gasteiger partial charge is 0.412 e. The fourth-order valence-electron chi connectivity index (χ4n) is 0.0680. The first kappa shape index (κ1) is 19.3.